The molecule has 0 unspecified atom stereocenters. The summed E-state index contributed by atoms with van der Waals surface area (Å²) in [6.45, 7) is 9.94. The van der Waals surface area contributed by atoms with E-state index in [0.29, 0.717) is 19.3 Å². The molecule has 0 aliphatic heterocycles. The van der Waals surface area contributed by atoms with Crippen LogP contribution >= 0.6 is 0 Å². The Balaban J connectivity index is 1.99. The van der Waals surface area contributed by atoms with Gasteiger partial charge in [-0.1, -0.05) is 99.2 Å². The molecule has 4 amide bonds. The lowest BCUT2D eigenvalue weighted by Gasteiger charge is -2.27. The van der Waals surface area contributed by atoms with E-state index in [1.54, 1.807) is 13.8 Å². The molecule has 0 fully saturated rings. The summed E-state index contributed by atoms with van der Waals surface area (Å²) in [6.07, 6.45) is 5.13. The minimum absolute atomic E-state index is 0.152. The molecule has 14 heteroatoms. The van der Waals surface area contributed by atoms with E-state index in [0.717, 1.165) is 49.7 Å². The Labute approximate surface area is 337 Å². The molecule has 0 aliphatic carbocycles. The molecule has 0 bridgehead atoms. The highest BCUT2D eigenvalue weighted by Gasteiger charge is 2.32. The molecule has 5 atom stereocenters. The monoisotopic (exact) mass is 796 g/mol. The summed E-state index contributed by atoms with van der Waals surface area (Å²) >= 11 is 0. The highest BCUT2D eigenvalue weighted by Crippen LogP contribution is 2.15. The third-order valence-electron chi connectivity index (χ3n) is 8.91. The molecule has 316 valence electrons. The zero-order valence-electron chi connectivity index (χ0n) is 34.7. The fourth-order valence-electron chi connectivity index (χ4n) is 5.86. The number of hydrogen-bond acceptors (Lipinski definition) is 10. The highest BCUT2D eigenvalue weighted by molar-refractivity contribution is 5.94. The van der Waals surface area contributed by atoms with Gasteiger partial charge in [0.15, 0.2) is 0 Å². The zero-order valence-corrected chi connectivity index (χ0v) is 34.7. The van der Waals surface area contributed by atoms with Crippen LogP contribution < -0.4 is 21.3 Å². The van der Waals surface area contributed by atoms with Crippen molar-refractivity contribution in [3.8, 4) is 0 Å². The Bertz CT molecular complexity index is 1530. The number of hydrogen-bond donors (Lipinski definition) is 4. The van der Waals surface area contributed by atoms with Gasteiger partial charge in [0.1, 0.15) is 23.7 Å². The molecule has 2 aromatic carbocycles. The number of carbonyl (C=O) groups is 6. The summed E-state index contributed by atoms with van der Waals surface area (Å²) in [5.41, 5.74) is 1.25. The van der Waals surface area contributed by atoms with Gasteiger partial charge in [0, 0.05) is 13.3 Å². The molecule has 0 aromatic heterocycles. The highest BCUT2D eigenvalue weighted by atomic mass is 16.6. The number of amides is 4. The fourth-order valence-corrected chi connectivity index (χ4v) is 5.86. The van der Waals surface area contributed by atoms with Crippen molar-refractivity contribution in [2.24, 2.45) is 0 Å². The first-order valence-electron chi connectivity index (χ1n) is 19.8. The second-order valence-electron chi connectivity index (χ2n) is 15.1. The van der Waals surface area contributed by atoms with Gasteiger partial charge < -0.3 is 40.2 Å². The summed E-state index contributed by atoms with van der Waals surface area (Å²) in [5.74, 6) is -3.27. The number of nitrogens with one attached hydrogen (secondary N) is 4. The Hall–Kier alpha value is -4.82. The molecule has 0 radical (unpaired) electrons. The Kier molecular flexibility index (Phi) is 22.2. The molecule has 0 aliphatic rings. The normalized spacial score (nSPS) is 13.9. The van der Waals surface area contributed by atoms with Gasteiger partial charge in [0.25, 0.3) is 0 Å². The lowest BCUT2D eigenvalue weighted by molar-refractivity contribution is -0.155. The maximum absolute atomic E-state index is 13.8. The first kappa shape index (κ1) is 48.3. The number of esters is 2. The minimum atomic E-state index is -1.25. The molecule has 0 spiro atoms. The van der Waals surface area contributed by atoms with E-state index >= 15 is 0 Å². The molecular formula is C43H64N4O10. The van der Waals surface area contributed by atoms with Crippen molar-refractivity contribution < 1.29 is 47.7 Å². The van der Waals surface area contributed by atoms with Crippen LogP contribution in [0.15, 0.2) is 60.7 Å². The second-order valence-corrected chi connectivity index (χ2v) is 15.1. The number of rotatable bonds is 26. The number of ether oxygens (including phenoxy) is 4. The largest absolute Gasteiger partial charge is 0.467 e. The molecular weight excluding hydrogens is 732 g/mol. The van der Waals surface area contributed by atoms with Crippen LogP contribution in [0.2, 0.25) is 0 Å². The second kappa shape index (κ2) is 26.2. The van der Waals surface area contributed by atoms with Crippen LogP contribution in [-0.2, 0) is 60.9 Å². The number of benzene rings is 2. The molecule has 57 heavy (non-hydrogen) atoms. The Morgan fingerprint density at radius 3 is 1.63 bits per heavy atom. The quantitative estimate of drug-likeness (QED) is 0.0760. The SMILES string of the molecule is COC(=O)[C@H](CCCCCCCCCC(=O)OC(C)(C)C)NC(=O)[C@@H](NC(=O)CNC(=O)[C@@H](NC(C)=O)[C@@H](C)OCc1ccccc1)[C@@H](C)OCc1ccccc1. The van der Waals surface area contributed by atoms with Gasteiger partial charge >= 0.3 is 11.9 Å². The van der Waals surface area contributed by atoms with E-state index in [4.69, 9.17) is 18.9 Å². The third-order valence-corrected chi connectivity index (χ3v) is 8.91. The zero-order chi connectivity index (χ0) is 42.2. The topological polar surface area (TPSA) is 187 Å². The van der Waals surface area contributed by atoms with Gasteiger partial charge in [-0.2, -0.15) is 0 Å². The molecule has 14 nitrogen and oxygen atoms in total. The standard InChI is InChI=1S/C43H64N4O10/c1-30(55-28-33-21-15-13-16-22-33)38(45-32(3)48)40(51)44-27-36(49)47-39(31(2)56-29-34-23-17-14-18-24-34)41(52)46-35(42(53)54-7)25-19-11-9-8-10-12-20-26-37(50)57-43(4,5)6/h13-18,21-24,30-31,35,38-39H,8-12,19-20,25-29H2,1-7H3,(H,44,51)(H,45,48)(H,46,52)(H,47,49)/t30-,31-,35+,38+,39+/m1/s1. The van der Waals surface area contributed by atoms with E-state index in [1.807, 2.05) is 81.4 Å². The summed E-state index contributed by atoms with van der Waals surface area (Å²) in [7, 11) is 1.24. The molecule has 4 N–H and O–H groups in total. The predicted molar refractivity (Wildman–Crippen MR) is 215 cm³/mol. The van der Waals surface area contributed by atoms with E-state index in [1.165, 1.54) is 14.0 Å². The van der Waals surface area contributed by atoms with Crippen LogP contribution in [0.25, 0.3) is 0 Å². The number of methoxy groups -OCH3 is 1. The van der Waals surface area contributed by atoms with Crippen molar-refractivity contribution in [1.82, 2.24) is 21.3 Å². The van der Waals surface area contributed by atoms with Gasteiger partial charge in [0.05, 0.1) is 39.1 Å². The number of carbonyl (C=O) groups excluding carboxylic acids is 6. The third kappa shape index (κ3) is 20.8. The van der Waals surface area contributed by atoms with Gasteiger partial charge in [-0.15, -0.1) is 0 Å². The van der Waals surface area contributed by atoms with Gasteiger partial charge in [-0.05, 0) is 58.6 Å². The van der Waals surface area contributed by atoms with Crippen molar-refractivity contribution in [3.05, 3.63) is 71.8 Å². The van der Waals surface area contributed by atoms with Gasteiger partial charge in [-0.25, -0.2) is 4.79 Å². The van der Waals surface area contributed by atoms with Crippen LogP contribution in [-0.4, -0.2) is 85.2 Å². The van der Waals surface area contributed by atoms with Crippen molar-refractivity contribution in [2.75, 3.05) is 13.7 Å². The predicted octanol–water partition coefficient (Wildman–Crippen LogP) is 4.81. The van der Waals surface area contributed by atoms with E-state index < -0.39 is 72.1 Å². The van der Waals surface area contributed by atoms with E-state index in [9.17, 15) is 28.8 Å². The van der Waals surface area contributed by atoms with Crippen LogP contribution in [0.1, 0.15) is 110 Å². The molecule has 0 saturated heterocycles. The van der Waals surface area contributed by atoms with Gasteiger partial charge in [-0.3, -0.25) is 24.0 Å². The number of unbranched alkanes of at least 4 members (excludes halogenated alkanes) is 6. The summed E-state index contributed by atoms with van der Waals surface area (Å²) in [4.78, 5) is 76.9. The smallest absolute Gasteiger partial charge is 0.328 e. The van der Waals surface area contributed by atoms with Gasteiger partial charge in [0.2, 0.25) is 23.6 Å². The van der Waals surface area contributed by atoms with E-state index in [-0.39, 0.29) is 19.2 Å². The Morgan fingerprint density at radius 1 is 0.649 bits per heavy atom. The van der Waals surface area contributed by atoms with Crippen LogP contribution in [0, 0.1) is 0 Å². The summed E-state index contributed by atoms with van der Waals surface area (Å²) < 4.78 is 22.2. The lowest BCUT2D eigenvalue weighted by atomic mass is 10.0. The minimum Gasteiger partial charge on any atom is -0.467 e. The van der Waals surface area contributed by atoms with E-state index in [2.05, 4.69) is 21.3 Å². The first-order valence-corrected chi connectivity index (χ1v) is 19.8. The van der Waals surface area contributed by atoms with Crippen molar-refractivity contribution in [1.29, 1.82) is 0 Å². The van der Waals surface area contributed by atoms with Crippen molar-refractivity contribution in [2.45, 2.75) is 148 Å². The molecule has 2 aromatic rings. The average molecular weight is 797 g/mol. The molecule has 0 saturated carbocycles. The maximum Gasteiger partial charge on any atom is 0.328 e. The van der Waals surface area contributed by atoms with Crippen LogP contribution in [0.4, 0.5) is 0 Å². The lowest BCUT2D eigenvalue weighted by Crippen LogP contribution is -2.58. The molecule has 2 rings (SSSR count). The fraction of sp³-hybridized carbons (Fsp3) is 0.581. The summed E-state index contributed by atoms with van der Waals surface area (Å²) in [6, 6.07) is 15.3. The first-order chi connectivity index (χ1) is 27.1. The van der Waals surface area contributed by atoms with Crippen LogP contribution in [0.5, 0.6) is 0 Å². The summed E-state index contributed by atoms with van der Waals surface area (Å²) in [5, 5.41) is 10.5. The van der Waals surface area contributed by atoms with Crippen LogP contribution in [0.3, 0.4) is 0 Å². The Morgan fingerprint density at radius 2 is 1.14 bits per heavy atom. The van der Waals surface area contributed by atoms with Crippen molar-refractivity contribution in [3.63, 3.8) is 0 Å². The van der Waals surface area contributed by atoms with Crippen molar-refractivity contribution >= 4 is 35.6 Å². The average Bonchev–Trinajstić information content (AvgIpc) is 3.17. The maximum atomic E-state index is 13.8. The molecule has 0 heterocycles.